The Kier molecular flexibility index (Phi) is 11.6. The molecular formula is C34H34Cl2FN3O4S. The molecule has 0 aliphatic rings. The van der Waals surface area contributed by atoms with Gasteiger partial charge in [-0.1, -0.05) is 90.8 Å². The van der Waals surface area contributed by atoms with Gasteiger partial charge in [0.05, 0.1) is 15.6 Å². The summed E-state index contributed by atoms with van der Waals surface area (Å²) in [7, 11) is -4.32. The molecule has 0 aliphatic carbocycles. The number of anilines is 1. The first-order valence-corrected chi connectivity index (χ1v) is 16.6. The lowest BCUT2D eigenvalue weighted by molar-refractivity contribution is -0.140. The number of sulfonamides is 1. The van der Waals surface area contributed by atoms with Gasteiger partial charge in [0, 0.05) is 24.0 Å². The summed E-state index contributed by atoms with van der Waals surface area (Å²) in [6.45, 7) is 3.03. The van der Waals surface area contributed by atoms with E-state index in [2.05, 4.69) is 5.32 Å². The molecule has 0 saturated heterocycles. The number of nitrogens with one attached hydrogen (secondary N) is 1. The van der Waals surface area contributed by atoms with Gasteiger partial charge in [-0.2, -0.15) is 0 Å². The zero-order valence-corrected chi connectivity index (χ0v) is 27.2. The van der Waals surface area contributed by atoms with Gasteiger partial charge < -0.3 is 10.2 Å². The van der Waals surface area contributed by atoms with Crippen LogP contribution in [0.25, 0.3) is 0 Å². The number of benzene rings is 4. The van der Waals surface area contributed by atoms with Crippen molar-refractivity contribution in [3.05, 3.63) is 130 Å². The summed E-state index contributed by atoms with van der Waals surface area (Å²) in [6, 6.07) is 25.6. The predicted octanol–water partition coefficient (Wildman–Crippen LogP) is 6.88. The van der Waals surface area contributed by atoms with Crippen molar-refractivity contribution in [1.29, 1.82) is 0 Å². The lowest BCUT2D eigenvalue weighted by atomic mass is 10.0. The van der Waals surface area contributed by atoms with Gasteiger partial charge in [0.25, 0.3) is 10.0 Å². The third-order valence-electron chi connectivity index (χ3n) is 7.33. The molecule has 0 heterocycles. The molecule has 4 aromatic rings. The smallest absolute Gasteiger partial charge is 0.264 e. The van der Waals surface area contributed by atoms with E-state index in [0.29, 0.717) is 12.0 Å². The van der Waals surface area contributed by atoms with E-state index in [0.717, 1.165) is 9.87 Å². The molecule has 2 atom stereocenters. The quantitative estimate of drug-likeness (QED) is 0.168. The monoisotopic (exact) mass is 669 g/mol. The van der Waals surface area contributed by atoms with Gasteiger partial charge in [0.15, 0.2) is 0 Å². The van der Waals surface area contributed by atoms with Crippen LogP contribution in [-0.2, 0) is 32.6 Å². The molecule has 0 spiro atoms. The predicted molar refractivity (Wildman–Crippen MR) is 176 cm³/mol. The van der Waals surface area contributed by atoms with Gasteiger partial charge in [0.1, 0.15) is 18.4 Å². The molecular weight excluding hydrogens is 636 g/mol. The fourth-order valence-corrected chi connectivity index (χ4v) is 6.71. The molecule has 11 heteroatoms. The Bertz CT molecular complexity index is 1710. The van der Waals surface area contributed by atoms with Gasteiger partial charge in [-0.05, 0) is 66.9 Å². The molecule has 7 nitrogen and oxygen atoms in total. The minimum absolute atomic E-state index is 0.0234. The zero-order chi connectivity index (χ0) is 32.6. The minimum Gasteiger partial charge on any atom is -0.352 e. The Morgan fingerprint density at radius 3 is 2.09 bits per heavy atom. The zero-order valence-electron chi connectivity index (χ0n) is 24.9. The third-order valence-corrected chi connectivity index (χ3v) is 9.64. The van der Waals surface area contributed by atoms with Gasteiger partial charge in [-0.3, -0.25) is 13.9 Å². The maximum absolute atomic E-state index is 14.4. The Labute approximate surface area is 273 Å². The Hall–Kier alpha value is -3.92. The van der Waals surface area contributed by atoms with Crippen LogP contribution < -0.4 is 9.62 Å². The maximum Gasteiger partial charge on any atom is 0.264 e. The first-order valence-electron chi connectivity index (χ1n) is 14.4. The first kappa shape index (κ1) is 34.0. The van der Waals surface area contributed by atoms with E-state index in [1.807, 2.05) is 44.2 Å². The van der Waals surface area contributed by atoms with Crippen LogP contribution in [0.5, 0.6) is 0 Å². The molecule has 0 aliphatic heterocycles. The van der Waals surface area contributed by atoms with Crippen molar-refractivity contribution < 1.29 is 22.4 Å². The van der Waals surface area contributed by atoms with Crippen LogP contribution in [-0.4, -0.2) is 43.8 Å². The van der Waals surface area contributed by atoms with E-state index in [4.69, 9.17) is 23.2 Å². The number of nitrogens with zero attached hydrogens (tertiary/aromatic N) is 2. The molecule has 0 bridgehead atoms. The Balaban J connectivity index is 1.82. The molecule has 0 fully saturated rings. The van der Waals surface area contributed by atoms with Gasteiger partial charge in [-0.25, -0.2) is 12.8 Å². The number of hydrogen-bond acceptors (Lipinski definition) is 4. The van der Waals surface area contributed by atoms with Crippen molar-refractivity contribution in [3.63, 3.8) is 0 Å². The lowest BCUT2D eigenvalue weighted by Gasteiger charge is -2.34. The van der Waals surface area contributed by atoms with Crippen molar-refractivity contribution in [2.24, 2.45) is 0 Å². The normalized spacial score (nSPS) is 12.6. The highest BCUT2D eigenvalue weighted by atomic mass is 35.5. The number of carbonyl (C=O) groups is 2. The number of halogens is 3. The number of amides is 2. The highest BCUT2D eigenvalue weighted by Gasteiger charge is 2.35. The van der Waals surface area contributed by atoms with Crippen LogP contribution >= 0.6 is 23.2 Å². The van der Waals surface area contributed by atoms with Gasteiger partial charge in [0.2, 0.25) is 11.8 Å². The molecule has 4 rings (SSSR count). The van der Waals surface area contributed by atoms with Crippen molar-refractivity contribution in [1.82, 2.24) is 10.2 Å². The molecule has 0 radical (unpaired) electrons. The second kappa shape index (κ2) is 15.4. The second-order valence-electron chi connectivity index (χ2n) is 10.6. The van der Waals surface area contributed by atoms with E-state index >= 15 is 0 Å². The summed E-state index contributed by atoms with van der Waals surface area (Å²) in [5.41, 5.74) is 1.40. The van der Waals surface area contributed by atoms with Crippen molar-refractivity contribution >= 4 is 50.7 Å². The first-order chi connectivity index (χ1) is 21.5. The maximum atomic E-state index is 14.4. The molecule has 2 unspecified atom stereocenters. The third kappa shape index (κ3) is 8.84. The van der Waals surface area contributed by atoms with E-state index < -0.39 is 40.2 Å². The summed E-state index contributed by atoms with van der Waals surface area (Å²) in [5.74, 6) is -1.51. The summed E-state index contributed by atoms with van der Waals surface area (Å²) in [6.07, 6.45) is 0.817. The van der Waals surface area contributed by atoms with E-state index in [1.54, 1.807) is 18.2 Å². The van der Waals surface area contributed by atoms with Crippen LogP contribution in [0.15, 0.2) is 108 Å². The SMILES string of the molecule is CCC(C)NC(=O)C(Cc1ccccc1)N(Cc1ccc(F)cc1)C(=O)CN(c1ccc(Cl)cc1Cl)S(=O)(=O)c1ccccc1. The minimum atomic E-state index is -4.32. The fourth-order valence-electron chi connectivity index (χ4n) is 4.70. The van der Waals surface area contributed by atoms with E-state index in [9.17, 15) is 22.4 Å². The van der Waals surface area contributed by atoms with Gasteiger partial charge >= 0.3 is 0 Å². The molecule has 0 aromatic heterocycles. The van der Waals surface area contributed by atoms with Crippen LogP contribution in [0.3, 0.4) is 0 Å². The second-order valence-corrected chi connectivity index (χ2v) is 13.3. The highest BCUT2D eigenvalue weighted by molar-refractivity contribution is 7.92. The highest BCUT2D eigenvalue weighted by Crippen LogP contribution is 2.33. The van der Waals surface area contributed by atoms with Crippen molar-refractivity contribution in [2.45, 2.75) is 50.2 Å². The molecule has 236 valence electrons. The molecule has 0 saturated carbocycles. The van der Waals surface area contributed by atoms with Crippen LogP contribution in [0.2, 0.25) is 10.0 Å². The Morgan fingerprint density at radius 1 is 0.867 bits per heavy atom. The number of rotatable bonds is 13. The van der Waals surface area contributed by atoms with E-state index in [-0.39, 0.29) is 39.6 Å². The molecule has 45 heavy (non-hydrogen) atoms. The average molecular weight is 671 g/mol. The number of hydrogen-bond donors (Lipinski definition) is 1. The number of carbonyl (C=O) groups excluding carboxylic acids is 2. The standard InChI is InChI=1S/C34H34Cl2FN3O4S/c1-3-24(2)38-34(42)32(20-25-10-6-4-7-11-25)39(22-26-14-17-28(37)18-15-26)33(41)23-40(31-19-16-27(35)21-30(31)36)45(43,44)29-12-8-5-9-13-29/h4-19,21,24,32H,3,20,22-23H2,1-2H3,(H,38,42). The molecule has 1 N–H and O–H groups in total. The van der Waals surface area contributed by atoms with Gasteiger partial charge in [-0.15, -0.1) is 0 Å². The topological polar surface area (TPSA) is 86.8 Å². The summed E-state index contributed by atoms with van der Waals surface area (Å²) < 4.78 is 42.8. The van der Waals surface area contributed by atoms with E-state index in [1.165, 1.54) is 59.5 Å². The lowest BCUT2D eigenvalue weighted by Crippen LogP contribution is -2.54. The summed E-state index contributed by atoms with van der Waals surface area (Å²) >= 11 is 12.6. The van der Waals surface area contributed by atoms with Crippen molar-refractivity contribution in [2.75, 3.05) is 10.8 Å². The largest absolute Gasteiger partial charge is 0.352 e. The van der Waals surface area contributed by atoms with Crippen molar-refractivity contribution in [3.8, 4) is 0 Å². The summed E-state index contributed by atoms with van der Waals surface area (Å²) in [5, 5.41) is 3.29. The van der Waals surface area contributed by atoms with Crippen LogP contribution in [0, 0.1) is 5.82 Å². The van der Waals surface area contributed by atoms with Crippen LogP contribution in [0.1, 0.15) is 31.4 Å². The molecule has 2 amide bonds. The fraction of sp³-hybridized carbons (Fsp3) is 0.235. The Morgan fingerprint density at radius 2 is 1.49 bits per heavy atom. The average Bonchev–Trinajstić information content (AvgIpc) is 3.03. The molecule has 4 aromatic carbocycles. The summed E-state index contributed by atoms with van der Waals surface area (Å²) in [4.78, 5) is 29.6. The van der Waals surface area contributed by atoms with Crippen LogP contribution in [0.4, 0.5) is 10.1 Å².